The molecule has 1 radical (unpaired) electrons. The van der Waals surface area contributed by atoms with E-state index in [1.807, 2.05) is 0 Å². The zero-order chi connectivity index (χ0) is 0. The molecule has 0 aliphatic carbocycles. The van der Waals surface area contributed by atoms with Crippen molar-refractivity contribution in [3.8, 4) is 0 Å². The quantitative estimate of drug-likeness (QED) is 0.439. The van der Waals surface area contributed by atoms with Gasteiger partial charge in [-0.05, 0) is 11.0 Å². The van der Waals surface area contributed by atoms with Gasteiger partial charge in [-0.3, -0.25) is 0 Å². The van der Waals surface area contributed by atoms with Gasteiger partial charge in [0.2, 0.25) is 0 Å². The average Bonchev–Trinajstić information content (AvgIpc) is 0. The number of hydrogen-bond acceptors (Lipinski definition) is 0. The first kappa shape index (κ1) is 42.5. The van der Waals surface area contributed by atoms with Crippen molar-refractivity contribution in [2.24, 2.45) is 0 Å². The molecule has 0 aromatic carbocycles. The summed E-state index contributed by atoms with van der Waals surface area (Å²) in [5.41, 5.74) is 0. The Morgan fingerprint density at radius 2 is 1.00 bits per heavy atom. The van der Waals surface area contributed by atoms with Crippen LogP contribution in [0.15, 0.2) is 0 Å². The van der Waals surface area contributed by atoms with Crippen LogP contribution >= 0.6 is 0 Å². The molecular weight excluding hydrogens is 356 g/mol. The molecule has 0 aliphatic heterocycles. The standard InChI is InChI=1S/Ba.2Ca.Fe.Mn.H4Si.6H/h;;;;;1H4;;;;;;/q3*+2;;;;6*-1. The zero-order valence-corrected chi connectivity index (χ0v) is 14.0. The molecule has 0 N–H and O–H groups in total. The van der Waals surface area contributed by atoms with E-state index in [1.165, 1.54) is 0 Å². The third-order valence-electron chi connectivity index (χ3n) is 0. The van der Waals surface area contributed by atoms with Crippen LogP contribution in [0.4, 0.5) is 0 Å². The second-order valence-corrected chi connectivity index (χ2v) is 0. The molecule has 6 heavy (non-hydrogen) atoms. The molecule has 0 spiro atoms. The molecule has 0 nitrogen and oxygen atoms in total. The molecule has 0 heterocycles. The molecule has 0 amide bonds. The number of hydrogen-bond donors (Lipinski definition) is 0. The van der Waals surface area contributed by atoms with Crippen LogP contribution in [0, 0.1) is 0 Å². The van der Waals surface area contributed by atoms with E-state index in [0.29, 0.717) is 0 Å². The summed E-state index contributed by atoms with van der Waals surface area (Å²) in [6, 6.07) is 0. The van der Waals surface area contributed by atoms with Gasteiger partial charge in [0, 0.05) is 34.1 Å². The zero-order valence-electron chi connectivity index (χ0n) is 8.85. The molecule has 0 fully saturated rings. The van der Waals surface area contributed by atoms with Crippen molar-refractivity contribution < 1.29 is 42.7 Å². The Kier molecular flexibility index (Phi) is 224. The maximum Gasteiger partial charge on any atom is 2.00 e. The smallest absolute Gasteiger partial charge is 1.00 e. The average molecular weight is 366 g/mol. The van der Waals surface area contributed by atoms with Crippen LogP contribution in [0.2, 0.25) is 0 Å². The molecule has 0 saturated carbocycles. The summed E-state index contributed by atoms with van der Waals surface area (Å²) in [5, 5.41) is 0. The molecule has 6 heteroatoms. The first-order valence-electron chi connectivity index (χ1n) is 0. The second-order valence-electron chi connectivity index (χ2n) is 0. The summed E-state index contributed by atoms with van der Waals surface area (Å²) in [6.07, 6.45) is 0. The maximum atomic E-state index is 0. The molecule has 0 aliphatic rings. The Labute approximate surface area is 173 Å². The third-order valence-corrected chi connectivity index (χ3v) is 0. The Hall–Kier alpha value is 5.35. The Bertz CT molecular complexity index is 25.5. The minimum Gasteiger partial charge on any atom is -1.00 e. The minimum absolute atomic E-state index is 0. The fourth-order valence-electron chi connectivity index (χ4n) is 0. The van der Waals surface area contributed by atoms with E-state index in [-0.39, 0.29) is 178 Å². The third kappa shape index (κ3) is 22.8. The van der Waals surface area contributed by atoms with E-state index >= 15 is 0 Å². The summed E-state index contributed by atoms with van der Waals surface area (Å²) in [4.78, 5) is 0. The molecule has 0 bridgehead atoms. The van der Waals surface area contributed by atoms with Crippen molar-refractivity contribution in [1.82, 2.24) is 0 Å². The van der Waals surface area contributed by atoms with E-state index in [1.54, 1.807) is 0 Å². The summed E-state index contributed by atoms with van der Waals surface area (Å²) in [5.74, 6) is 0. The van der Waals surface area contributed by atoms with Crippen molar-refractivity contribution in [3.63, 3.8) is 0 Å². The van der Waals surface area contributed by atoms with Crippen molar-refractivity contribution in [1.29, 1.82) is 0 Å². The van der Waals surface area contributed by atoms with Crippen LogP contribution in [-0.2, 0) is 34.1 Å². The van der Waals surface area contributed by atoms with Gasteiger partial charge in [-0.15, -0.1) is 0 Å². The van der Waals surface area contributed by atoms with Crippen molar-refractivity contribution in [2.75, 3.05) is 0 Å². The van der Waals surface area contributed by atoms with Crippen LogP contribution in [-0.4, -0.2) is 135 Å². The van der Waals surface area contributed by atoms with E-state index in [0.717, 1.165) is 0 Å². The Balaban J connectivity index is 0. The monoisotopic (exact) mass is 367 g/mol. The fraction of sp³-hybridized carbons (Fsp3) is 0. The molecular formula is H10BaCa2FeMnSi. The molecule has 0 rings (SSSR count). The van der Waals surface area contributed by atoms with Crippen molar-refractivity contribution in [2.45, 2.75) is 0 Å². The first-order valence-corrected chi connectivity index (χ1v) is 0. The number of rotatable bonds is 0. The maximum absolute atomic E-state index is 0. The van der Waals surface area contributed by atoms with Crippen LogP contribution in [0.3, 0.4) is 0 Å². The van der Waals surface area contributed by atoms with E-state index in [9.17, 15) is 0 Å². The summed E-state index contributed by atoms with van der Waals surface area (Å²) in [6.45, 7) is 0. The van der Waals surface area contributed by atoms with E-state index in [2.05, 4.69) is 0 Å². The molecule has 35 valence electrons. The predicted molar refractivity (Wildman–Crippen MR) is 35.3 cm³/mol. The van der Waals surface area contributed by atoms with Gasteiger partial charge < -0.3 is 8.56 Å². The van der Waals surface area contributed by atoms with Crippen molar-refractivity contribution in [3.05, 3.63) is 0 Å². The van der Waals surface area contributed by atoms with Gasteiger partial charge in [0.1, 0.15) is 0 Å². The van der Waals surface area contributed by atoms with Crippen molar-refractivity contribution >= 4 is 135 Å². The van der Waals surface area contributed by atoms with Gasteiger partial charge in [0.25, 0.3) is 0 Å². The van der Waals surface area contributed by atoms with E-state index < -0.39 is 0 Å². The van der Waals surface area contributed by atoms with Gasteiger partial charge >= 0.3 is 124 Å². The van der Waals surface area contributed by atoms with Crippen LogP contribution in [0.5, 0.6) is 0 Å². The molecule has 0 atom stereocenters. The van der Waals surface area contributed by atoms with Gasteiger partial charge in [-0.1, -0.05) is 0 Å². The molecule has 0 unspecified atom stereocenters. The summed E-state index contributed by atoms with van der Waals surface area (Å²) in [7, 11) is 0. The van der Waals surface area contributed by atoms with Gasteiger partial charge in [0.05, 0.1) is 0 Å². The molecule has 0 saturated heterocycles. The first-order chi connectivity index (χ1) is 0. The molecule has 0 aromatic rings. The summed E-state index contributed by atoms with van der Waals surface area (Å²) >= 11 is 0. The van der Waals surface area contributed by atoms with Crippen LogP contribution in [0.25, 0.3) is 0 Å². The van der Waals surface area contributed by atoms with Gasteiger partial charge in [-0.25, -0.2) is 0 Å². The van der Waals surface area contributed by atoms with Gasteiger partial charge in [-0.2, -0.15) is 0 Å². The van der Waals surface area contributed by atoms with Crippen LogP contribution < -0.4 is 0 Å². The van der Waals surface area contributed by atoms with E-state index in [4.69, 9.17) is 0 Å². The topological polar surface area (TPSA) is 0 Å². The second kappa shape index (κ2) is 31.6. The Morgan fingerprint density at radius 1 is 1.00 bits per heavy atom. The van der Waals surface area contributed by atoms with Gasteiger partial charge in [0.15, 0.2) is 0 Å². The van der Waals surface area contributed by atoms with Crippen LogP contribution in [0.1, 0.15) is 8.56 Å². The predicted octanol–water partition coefficient (Wildman–Crippen LogP) is -1.92. The SMILES string of the molecule is [Ba+2].[Ca+2].[Ca+2].[Fe].[H-].[H-].[H-].[H-].[H-].[H-].[Mn].[SiH4]. The largest absolute Gasteiger partial charge is 2.00 e. The summed E-state index contributed by atoms with van der Waals surface area (Å²) < 4.78 is 0. The fourth-order valence-corrected chi connectivity index (χ4v) is 0. The normalized spacial score (nSPS) is 0. The molecule has 0 aromatic heterocycles. The Morgan fingerprint density at radius 3 is 1.00 bits per heavy atom. The minimum atomic E-state index is 0.